The Morgan fingerprint density at radius 3 is 3.00 bits per heavy atom. The maximum atomic E-state index is 8.53. The van der Waals surface area contributed by atoms with Gasteiger partial charge in [0.25, 0.3) is 0 Å². The molecule has 1 aliphatic rings. The molecule has 1 fully saturated rings. The van der Waals surface area contributed by atoms with Gasteiger partial charge in [-0.05, 0) is 44.8 Å². The van der Waals surface area contributed by atoms with Crippen LogP contribution in [0.15, 0.2) is 0 Å². The number of nitrogens with one attached hydrogen (secondary N) is 2. The molecule has 0 aromatic carbocycles. The van der Waals surface area contributed by atoms with Crippen molar-refractivity contribution in [3.8, 4) is 0 Å². The van der Waals surface area contributed by atoms with Crippen molar-refractivity contribution in [2.75, 3.05) is 32.8 Å². The number of aliphatic hydroxyl groups excluding tert-OH is 1. The van der Waals surface area contributed by atoms with Crippen LogP contribution < -0.4 is 10.6 Å². The van der Waals surface area contributed by atoms with Crippen molar-refractivity contribution in [1.29, 1.82) is 0 Å². The lowest BCUT2D eigenvalue weighted by atomic mass is 9.96. The van der Waals surface area contributed by atoms with Crippen LogP contribution in [0.1, 0.15) is 19.3 Å². The van der Waals surface area contributed by atoms with E-state index in [1.807, 2.05) is 0 Å². The van der Waals surface area contributed by atoms with Crippen LogP contribution in [-0.2, 0) is 0 Å². The molecule has 0 saturated carbocycles. The lowest BCUT2D eigenvalue weighted by Gasteiger charge is -2.22. The summed E-state index contributed by atoms with van der Waals surface area (Å²) in [7, 11) is 0. The van der Waals surface area contributed by atoms with Gasteiger partial charge in [-0.25, -0.2) is 0 Å². The quantitative estimate of drug-likeness (QED) is 0.510. The number of aliphatic hydroxyl groups is 1. The largest absolute Gasteiger partial charge is 0.395 e. The van der Waals surface area contributed by atoms with E-state index in [0.717, 1.165) is 19.0 Å². The van der Waals surface area contributed by atoms with Gasteiger partial charge in [-0.3, -0.25) is 0 Å². The number of hydrogen-bond donors (Lipinski definition) is 3. The molecule has 0 aromatic rings. The summed E-state index contributed by atoms with van der Waals surface area (Å²) >= 11 is 0. The molecule has 1 unspecified atom stereocenters. The lowest BCUT2D eigenvalue weighted by Crippen LogP contribution is -2.32. The van der Waals surface area contributed by atoms with Crippen molar-refractivity contribution < 1.29 is 5.11 Å². The SMILES string of the molecule is OCCNCCC1CCCNC1. The Morgan fingerprint density at radius 2 is 2.33 bits per heavy atom. The molecule has 1 rings (SSSR count). The molecule has 0 amide bonds. The number of rotatable bonds is 5. The second-order valence-corrected chi connectivity index (χ2v) is 3.47. The maximum Gasteiger partial charge on any atom is 0.0555 e. The van der Waals surface area contributed by atoms with E-state index in [0.29, 0.717) is 0 Å². The van der Waals surface area contributed by atoms with E-state index in [1.54, 1.807) is 0 Å². The van der Waals surface area contributed by atoms with Crippen LogP contribution in [0.2, 0.25) is 0 Å². The van der Waals surface area contributed by atoms with Gasteiger partial charge in [-0.2, -0.15) is 0 Å². The Bertz CT molecular complexity index is 103. The topological polar surface area (TPSA) is 44.3 Å². The monoisotopic (exact) mass is 172 g/mol. The average Bonchev–Trinajstić information content (AvgIpc) is 2.14. The fraction of sp³-hybridized carbons (Fsp3) is 1.00. The molecule has 1 heterocycles. The van der Waals surface area contributed by atoms with Gasteiger partial charge in [0.1, 0.15) is 0 Å². The van der Waals surface area contributed by atoms with Crippen LogP contribution in [0.25, 0.3) is 0 Å². The summed E-state index contributed by atoms with van der Waals surface area (Å²) in [5.74, 6) is 0.852. The van der Waals surface area contributed by atoms with Crippen molar-refractivity contribution in [1.82, 2.24) is 10.6 Å². The van der Waals surface area contributed by atoms with Gasteiger partial charge < -0.3 is 15.7 Å². The first-order valence-corrected chi connectivity index (χ1v) is 4.96. The average molecular weight is 172 g/mol. The Kier molecular flexibility index (Phi) is 5.32. The highest BCUT2D eigenvalue weighted by atomic mass is 16.3. The first-order chi connectivity index (χ1) is 5.93. The van der Waals surface area contributed by atoms with E-state index in [4.69, 9.17) is 5.11 Å². The minimum Gasteiger partial charge on any atom is -0.395 e. The van der Waals surface area contributed by atoms with Crippen molar-refractivity contribution in [3.63, 3.8) is 0 Å². The minimum absolute atomic E-state index is 0.253. The van der Waals surface area contributed by atoms with Crippen LogP contribution in [0.5, 0.6) is 0 Å². The molecule has 3 N–H and O–H groups in total. The first kappa shape index (κ1) is 9.96. The highest BCUT2D eigenvalue weighted by Crippen LogP contribution is 2.12. The third-order valence-corrected chi connectivity index (χ3v) is 2.42. The number of hydrogen-bond acceptors (Lipinski definition) is 3. The van der Waals surface area contributed by atoms with E-state index in [9.17, 15) is 0 Å². The highest BCUT2D eigenvalue weighted by Gasteiger charge is 2.11. The maximum absolute atomic E-state index is 8.53. The predicted octanol–water partition coefficient (Wildman–Crippen LogP) is -0.0420. The zero-order valence-corrected chi connectivity index (χ0v) is 7.68. The normalized spacial score (nSPS) is 24.2. The van der Waals surface area contributed by atoms with Gasteiger partial charge in [0, 0.05) is 6.54 Å². The van der Waals surface area contributed by atoms with Crippen molar-refractivity contribution in [2.24, 2.45) is 5.92 Å². The van der Waals surface area contributed by atoms with Gasteiger partial charge in [0.2, 0.25) is 0 Å². The highest BCUT2D eigenvalue weighted by molar-refractivity contribution is 4.69. The van der Waals surface area contributed by atoms with Crippen LogP contribution >= 0.6 is 0 Å². The van der Waals surface area contributed by atoms with Gasteiger partial charge in [0.15, 0.2) is 0 Å². The third-order valence-electron chi connectivity index (χ3n) is 2.42. The minimum atomic E-state index is 0.253. The smallest absolute Gasteiger partial charge is 0.0555 e. The summed E-state index contributed by atoms with van der Waals surface area (Å²) in [6.07, 6.45) is 3.94. The van der Waals surface area contributed by atoms with Gasteiger partial charge in [-0.1, -0.05) is 0 Å². The molecule has 0 aliphatic carbocycles. The van der Waals surface area contributed by atoms with Crippen molar-refractivity contribution >= 4 is 0 Å². The van der Waals surface area contributed by atoms with Crippen LogP contribution in [0.3, 0.4) is 0 Å². The Hall–Kier alpha value is -0.120. The van der Waals surface area contributed by atoms with E-state index in [2.05, 4.69) is 10.6 Å². The predicted molar refractivity (Wildman–Crippen MR) is 50.2 cm³/mol. The summed E-state index contributed by atoms with van der Waals surface area (Å²) in [6, 6.07) is 0. The van der Waals surface area contributed by atoms with E-state index >= 15 is 0 Å². The second-order valence-electron chi connectivity index (χ2n) is 3.47. The molecule has 0 radical (unpaired) electrons. The standard InChI is InChI=1S/C9H20N2O/c12-7-6-10-5-3-9-2-1-4-11-8-9/h9-12H,1-8H2. The summed E-state index contributed by atoms with van der Waals surface area (Å²) in [5.41, 5.74) is 0. The molecule has 0 aromatic heterocycles. The summed E-state index contributed by atoms with van der Waals surface area (Å²) < 4.78 is 0. The van der Waals surface area contributed by atoms with Gasteiger partial charge >= 0.3 is 0 Å². The number of piperidine rings is 1. The molecular formula is C9H20N2O. The van der Waals surface area contributed by atoms with Crippen molar-refractivity contribution in [3.05, 3.63) is 0 Å². The summed E-state index contributed by atoms with van der Waals surface area (Å²) in [6.45, 7) is 4.41. The molecule has 3 nitrogen and oxygen atoms in total. The van der Waals surface area contributed by atoms with Crippen LogP contribution in [0, 0.1) is 5.92 Å². The van der Waals surface area contributed by atoms with Crippen LogP contribution in [-0.4, -0.2) is 37.9 Å². The molecule has 1 atom stereocenters. The zero-order chi connectivity index (χ0) is 8.65. The second kappa shape index (κ2) is 6.40. The Labute approximate surface area is 74.5 Å². The van der Waals surface area contributed by atoms with Gasteiger partial charge in [-0.15, -0.1) is 0 Å². The van der Waals surface area contributed by atoms with E-state index < -0.39 is 0 Å². The Morgan fingerprint density at radius 1 is 1.42 bits per heavy atom. The molecular weight excluding hydrogens is 152 g/mol. The molecule has 0 spiro atoms. The molecule has 12 heavy (non-hydrogen) atoms. The van der Waals surface area contributed by atoms with Crippen molar-refractivity contribution in [2.45, 2.75) is 19.3 Å². The molecule has 3 heteroatoms. The lowest BCUT2D eigenvalue weighted by molar-refractivity contribution is 0.286. The summed E-state index contributed by atoms with van der Waals surface area (Å²) in [4.78, 5) is 0. The van der Waals surface area contributed by atoms with E-state index in [1.165, 1.54) is 32.4 Å². The fourth-order valence-electron chi connectivity index (χ4n) is 1.68. The first-order valence-electron chi connectivity index (χ1n) is 4.96. The molecule has 1 aliphatic heterocycles. The molecule has 72 valence electrons. The molecule has 1 saturated heterocycles. The fourth-order valence-corrected chi connectivity index (χ4v) is 1.68. The summed E-state index contributed by atoms with van der Waals surface area (Å²) in [5, 5.41) is 15.1. The van der Waals surface area contributed by atoms with E-state index in [-0.39, 0.29) is 6.61 Å². The molecule has 0 bridgehead atoms. The third kappa shape index (κ3) is 4.04. The van der Waals surface area contributed by atoms with Crippen LogP contribution in [0.4, 0.5) is 0 Å². The zero-order valence-electron chi connectivity index (χ0n) is 7.68. The Balaban J connectivity index is 1.91. The van der Waals surface area contributed by atoms with Gasteiger partial charge in [0.05, 0.1) is 6.61 Å².